The van der Waals surface area contributed by atoms with Gasteiger partial charge >= 0.3 is 12.0 Å². The molecule has 19 heavy (non-hydrogen) atoms. The van der Waals surface area contributed by atoms with Crippen molar-refractivity contribution >= 4 is 17.9 Å². The van der Waals surface area contributed by atoms with E-state index in [0.717, 1.165) is 0 Å². The van der Waals surface area contributed by atoms with Crippen molar-refractivity contribution in [3.05, 3.63) is 0 Å². The quantitative estimate of drug-likeness (QED) is 0.464. The van der Waals surface area contributed by atoms with Crippen LogP contribution in [0.5, 0.6) is 0 Å². The number of nitrogens with two attached hydrogens (primary N) is 1. The average molecular weight is 275 g/mol. The first-order valence-corrected chi connectivity index (χ1v) is 5.85. The minimum absolute atomic E-state index is 0.116. The van der Waals surface area contributed by atoms with Gasteiger partial charge in [0.05, 0.1) is 19.1 Å². The van der Waals surface area contributed by atoms with Gasteiger partial charge in [-0.2, -0.15) is 0 Å². The lowest BCUT2D eigenvalue weighted by atomic mass is 10.1. The number of amides is 3. The van der Waals surface area contributed by atoms with Crippen LogP contribution in [0.15, 0.2) is 0 Å². The predicted octanol–water partition coefficient (Wildman–Crippen LogP) is -0.715. The number of urea groups is 1. The lowest BCUT2D eigenvalue weighted by molar-refractivity contribution is -0.140. The molecule has 0 aromatic heterocycles. The molecule has 1 unspecified atom stereocenters. The van der Waals surface area contributed by atoms with Crippen LogP contribution in [0.25, 0.3) is 0 Å². The third kappa shape index (κ3) is 7.24. The van der Waals surface area contributed by atoms with Gasteiger partial charge in [-0.25, -0.2) is 9.59 Å². The van der Waals surface area contributed by atoms with Crippen molar-refractivity contribution in [2.75, 3.05) is 13.7 Å². The van der Waals surface area contributed by atoms with Gasteiger partial charge in [0.2, 0.25) is 5.91 Å². The zero-order valence-corrected chi connectivity index (χ0v) is 11.3. The molecule has 8 heteroatoms. The Labute approximate surface area is 111 Å². The molecule has 0 aliphatic heterocycles. The van der Waals surface area contributed by atoms with E-state index >= 15 is 0 Å². The molecule has 0 aliphatic carbocycles. The van der Waals surface area contributed by atoms with Gasteiger partial charge in [-0.1, -0.05) is 13.8 Å². The number of nitrogens with one attached hydrogen (secondary N) is 2. The smallest absolute Gasteiger partial charge is 0.326 e. The minimum Gasteiger partial charge on any atom is -0.480 e. The van der Waals surface area contributed by atoms with Crippen LogP contribution in [-0.2, 0) is 14.3 Å². The summed E-state index contributed by atoms with van der Waals surface area (Å²) < 4.78 is 4.95. The number of methoxy groups -OCH3 is 1. The number of hydrogen-bond acceptors (Lipinski definition) is 4. The Morgan fingerprint density at radius 1 is 1.26 bits per heavy atom. The Balaban J connectivity index is 4.47. The second-order valence-corrected chi connectivity index (χ2v) is 4.48. The highest BCUT2D eigenvalue weighted by Crippen LogP contribution is 2.02. The number of hydrogen-bond donors (Lipinski definition) is 4. The Morgan fingerprint density at radius 2 is 1.84 bits per heavy atom. The lowest BCUT2D eigenvalue weighted by Gasteiger charge is -2.23. The van der Waals surface area contributed by atoms with E-state index in [9.17, 15) is 14.4 Å². The molecule has 0 aromatic carbocycles. The molecule has 0 aliphatic rings. The van der Waals surface area contributed by atoms with Crippen molar-refractivity contribution in [2.24, 2.45) is 11.7 Å². The van der Waals surface area contributed by atoms with Gasteiger partial charge in [-0.3, -0.25) is 4.79 Å². The molecule has 0 heterocycles. The highest BCUT2D eigenvalue weighted by Gasteiger charge is 2.24. The van der Waals surface area contributed by atoms with Gasteiger partial charge < -0.3 is 26.2 Å². The molecular weight excluding hydrogens is 254 g/mol. The average Bonchev–Trinajstić information content (AvgIpc) is 2.26. The van der Waals surface area contributed by atoms with Crippen LogP contribution in [0.3, 0.4) is 0 Å². The molecule has 0 fully saturated rings. The summed E-state index contributed by atoms with van der Waals surface area (Å²) in [5.74, 6) is -2.00. The molecule has 110 valence electrons. The summed E-state index contributed by atoms with van der Waals surface area (Å²) >= 11 is 0. The number of rotatable bonds is 8. The van der Waals surface area contributed by atoms with Gasteiger partial charge in [-0.05, 0) is 5.92 Å². The maximum atomic E-state index is 11.6. The van der Waals surface area contributed by atoms with Crippen molar-refractivity contribution in [1.29, 1.82) is 0 Å². The third-order valence-corrected chi connectivity index (χ3v) is 2.48. The Morgan fingerprint density at radius 3 is 2.21 bits per heavy atom. The van der Waals surface area contributed by atoms with Crippen LogP contribution in [0.4, 0.5) is 4.79 Å². The molecule has 0 spiro atoms. The summed E-state index contributed by atoms with van der Waals surface area (Å²) in [6.45, 7) is 4.09. The molecule has 0 radical (unpaired) electrons. The van der Waals surface area contributed by atoms with Crippen LogP contribution in [-0.4, -0.2) is 48.8 Å². The van der Waals surface area contributed by atoms with E-state index in [1.54, 1.807) is 0 Å². The van der Waals surface area contributed by atoms with Gasteiger partial charge in [0, 0.05) is 7.11 Å². The first-order valence-electron chi connectivity index (χ1n) is 5.85. The molecule has 0 saturated heterocycles. The Bertz CT molecular complexity index is 332. The molecular formula is C11H21N3O5. The summed E-state index contributed by atoms with van der Waals surface area (Å²) in [4.78, 5) is 33.2. The summed E-state index contributed by atoms with van der Waals surface area (Å²) in [5, 5.41) is 13.6. The van der Waals surface area contributed by atoms with Crippen molar-refractivity contribution in [2.45, 2.75) is 32.4 Å². The first kappa shape index (κ1) is 17.2. The fraction of sp³-hybridized carbons (Fsp3) is 0.727. The maximum Gasteiger partial charge on any atom is 0.326 e. The van der Waals surface area contributed by atoms with Crippen molar-refractivity contribution in [3.63, 3.8) is 0 Å². The molecule has 5 N–H and O–H groups in total. The molecule has 0 rings (SSSR count). The lowest BCUT2D eigenvalue weighted by Crippen LogP contribution is -2.52. The van der Waals surface area contributed by atoms with E-state index in [-0.39, 0.29) is 12.0 Å². The number of carbonyl (C=O) groups excluding carboxylic acids is 2. The molecule has 2 atom stereocenters. The first-order chi connectivity index (χ1) is 8.77. The largest absolute Gasteiger partial charge is 0.480 e. The highest BCUT2D eigenvalue weighted by atomic mass is 16.5. The molecule has 0 aromatic rings. The van der Waals surface area contributed by atoms with Gasteiger partial charge in [-0.15, -0.1) is 0 Å². The summed E-state index contributed by atoms with van der Waals surface area (Å²) in [5.41, 5.74) is 4.91. The zero-order chi connectivity index (χ0) is 15.0. The molecule has 0 saturated carbocycles. The maximum absolute atomic E-state index is 11.6. The normalized spacial score (nSPS) is 13.7. The third-order valence-electron chi connectivity index (χ3n) is 2.48. The van der Waals surface area contributed by atoms with E-state index < -0.39 is 30.4 Å². The molecule has 8 nitrogen and oxygen atoms in total. The zero-order valence-electron chi connectivity index (χ0n) is 11.3. The fourth-order valence-corrected chi connectivity index (χ4v) is 1.35. The Kier molecular flexibility index (Phi) is 7.50. The van der Waals surface area contributed by atoms with E-state index in [1.165, 1.54) is 7.11 Å². The number of primary amides is 1. The van der Waals surface area contributed by atoms with E-state index in [4.69, 9.17) is 15.6 Å². The standard InChI is InChI=1S/C11H21N3O5/c1-6(2)8(5-19-3)14-11(18)13-7(10(16)17)4-9(12)15/h6-8H,4-5H2,1-3H3,(H2,12,15)(H,16,17)(H2,13,14,18)/t7-,8?/m0/s1. The second-order valence-electron chi connectivity index (χ2n) is 4.48. The summed E-state index contributed by atoms with van der Waals surface area (Å²) in [6.07, 6.45) is -0.459. The topological polar surface area (TPSA) is 131 Å². The SMILES string of the molecule is COCC(NC(=O)N[C@@H](CC(N)=O)C(=O)O)C(C)C. The number of carbonyl (C=O) groups is 3. The van der Waals surface area contributed by atoms with Crippen molar-refractivity contribution < 1.29 is 24.2 Å². The fourth-order valence-electron chi connectivity index (χ4n) is 1.35. The van der Waals surface area contributed by atoms with Gasteiger partial charge in [0.1, 0.15) is 6.04 Å². The van der Waals surface area contributed by atoms with Crippen LogP contribution in [0.1, 0.15) is 20.3 Å². The van der Waals surface area contributed by atoms with Crippen molar-refractivity contribution in [1.82, 2.24) is 10.6 Å². The molecule has 0 bridgehead atoms. The number of aliphatic carboxylic acids is 1. The van der Waals surface area contributed by atoms with E-state index in [1.807, 2.05) is 13.8 Å². The number of carboxylic acids is 1. The monoisotopic (exact) mass is 275 g/mol. The van der Waals surface area contributed by atoms with Crippen LogP contribution in [0, 0.1) is 5.92 Å². The summed E-state index contributed by atoms with van der Waals surface area (Å²) in [6, 6.07) is -2.27. The predicted molar refractivity (Wildman–Crippen MR) is 67.4 cm³/mol. The summed E-state index contributed by atoms with van der Waals surface area (Å²) in [7, 11) is 1.50. The second kappa shape index (κ2) is 8.30. The van der Waals surface area contributed by atoms with Crippen molar-refractivity contribution in [3.8, 4) is 0 Å². The van der Waals surface area contributed by atoms with Crippen LogP contribution >= 0.6 is 0 Å². The Hall–Kier alpha value is -1.83. The minimum atomic E-state index is -1.34. The van der Waals surface area contributed by atoms with Crippen LogP contribution < -0.4 is 16.4 Å². The van der Waals surface area contributed by atoms with Gasteiger partial charge in [0.25, 0.3) is 0 Å². The van der Waals surface area contributed by atoms with E-state index in [0.29, 0.717) is 6.61 Å². The van der Waals surface area contributed by atoms with Crippen LogP contribution in [0.2, 0.25) is 0 Å². The molecule has 3 amide bonds. The number of ether oxygens (including phenoxy) is 1. The van der Waals surface area contributed by atoms with Gasteiger partial charge in [0.15, 0.2) is 0 Å². The number of carboxylic acid groups (broad SMARTS) is 1. The van der Waals surface area contributed by atoms with E-state index in [2.05, 4.69) is 10.6 Å². The highest BCUT2D eigenvalue weighted by molar-refractivity contribution is 5.87.